The minimum absolute atomic E-state index is 0.803. The first kappa shape index (κ1) is 18.7. The van der Waals surface area contributed by atoms with Crippen LogP contribution in [0.15, 0.2) is 120 Å². The molecule has 0 amide bonds. The van der Waals surface area contributed by atoms with Gasteiger partial charge < -0.3 is 0 Å². The van der Waals surface area contributed by atoms with E-state index in [4.69, 9.17) is 5.10 Å². The molecule has 0 atom stereocenters. The van der Waals surface area contributed by atoms with Crippen molar-refractivity contribution in [3.8, 4) is 0 Å². The van der Waals surface area contributed by atoms with Gasteiger partial charge in [0.05, 0.1) is 11.4 Å². The minimum Gasteiger partial charge on any atom is -0.259 e. The van der Waals surface area contributed by atoms with E-state index in [9.17, 15) is 0 Å². The summed E-state index contributed by atoms with van der Waals surface area (Å²) in [4.78, 5) is 0. The van der Waals surface area contributed by atoms with Crippen molar-refractivity contribution in [2.75, 3.05) is 10.2 Å². The molecule has 4 heteroatoms. The van der Waals surface area contributed by atoms with Crippen molar-refractivity contribution < 1.29 is 0 Å². The molecular weight excluding hydrogens is 380 g/mol. The summed E-state index contributed by atoms with van der Waals surface area (Å²) in [7, 11) is 0. The molecule has 150 valence electrons. The van der Waals surface area contributed by atoms with E-state index in [0.717, 1.165) is 28.3 Å². The van der Waals surface area contributed by atoms with Gasteiger partial charge in [-0.25, -0.2) is 0 Å². The fourth-order valence-corrected chi connectivity index (χ4v) is 3.42. The van der Waals surface area contributed by atoms with Crippen molar-refractivity contribution >= 4 is 29.4 Å². The van der Waals surface area contributed by atoms with Gasteiger partial charge in [-0.3, -0.25) is 5.43 Å². The van der Waals surface area contributed by atoms with E-state index in [1.165, 1.54) is 5.56 Å². The molecule has 1 aliphatic heterocycles. The van der Waals surface area contributed by atoms with Gasteiger partial charge in [-0.1, -0.05) is 103 Å². The van der Waals surface area contributed by atoms with Crippen molar-refractivity contribution in [1.82, 2.24) is 5.43 Å². The van der Waals surface area contributed by atoms with Crippen LogP contribution in [0.5, 0.6) is 0 Å². The molecule has 5 rings (SSSR count). The molecule has 31 heavy (non-hydrogen) atoms. The Morgan fingerprint density at radius 3 is 1.74 bits per heavy atom. The van der Waals surface area contributed by atoms with Gasteiger partial charge in [-0.15, -0.1) is 5.10 Å². The molecule has 4 aromatic rings. The second-order valence-corrected chi connectivity index (χ2v) is 7.20. The summed E-state index contributed by atoms with van der Waals surface area (Å²) in [5.74, 6) is 0.803. The number of rotatable bonds is 5. The first-order valence-corrected chi connectivity index (χ1v) is 10.3. The van der Waals surface area contributed by atoms with Crippen molar-refractivity contribution in [3.63, 3.8) is 0 Å². The lowest BCUT2D eigenvalue weighted by Gasteiger charge is -2.28. The monoisotopic (exact) mass is 402 g/mol. The second-order valence-electron chi connectivity index (χ2n) is 7.20. The van der Waals surface area contributed by atoms with Gasteiger partial charge in [0.1, 0.15) is 0 Å². The van der Waals surface area contributed by atoms with Crippen LogP contribution >= 0.6 is 0 Å². The summed E-state index contributed by atoms with van der Waals surface area (Å²) in [6.07, 6.45) is 4.24. The lowest BCUT2D eigenvalue weighted by Crippen LogP contribution is -2.44. The average Bonchev–Trinajstić information content (AvgIpc) is 3.30. The highest BCUT2D eigenvalue weighted by Crippen LogP contribution is 2.26. The fraction of sp³-hybridized carbons (Fsp3) is 0. The molecule has 0 aliphatic carbocycles. The van der Waals surface area contributed by atoms with Crippen LogP contribution in [-0.2, 0) is 0 Å². The van der Waals surface area contributed by atoms with Crippen molar-refractivity contribution in [3.05, 3.63) is 132 Å². The van der Waals surface area contributed by atoms with Crippen LogP contribution in [0, 0.1) is 0 Å². The molecule has 1 N–H and O–H groups in total. The number of nitrogens with one attached hydrogen (secondary N) is 1. The fourth-order valence-electron chi connectivity index (χ4n) is 3.42. The number of anilines is 2. The number of benzene rings is 4. The maximum atomic E-state index is 4.84. The Bertz CT molecular complexity index is 1180. The summed E-state index contributed by atoms with van der Waals surface area (Å²) < 4.78 is 0. The standard InChI is InChI=1S/C27H22N4/c1-4-10-22(11-5-1)16-17-23-18-20-26(21-19-23)31-29-27(24-12-6-2-7-13-24)28-30(31)25-14-8-3-9-15-25/h1-21H,(H,28,29). The number of hydrogen-bond acceptors (Lipinski definition) is 4. The van der Waals surface area contributed by atoms with E-state index in [2.05, 4.69) is 66.1 Å². The lowest BCUT2D eigenvalue weighted by atomic mass is 10.1. The third kappa shape index (κ3) is 4.19. The van der Waals surface area contributed by atoms with Crippen LogP contribution in [0.4, 0.5) is 11.4 Å². The van der Waals surface area contributed by atoms with E-state index >= 15 is 0 Å². The molecule has 0 unspecified atom stereocenters. The van der Waals surface area contributed by atoms with Crippen LogP contribution in [0.3, 0.4) is 0 Å². The zero-order valence-corrected chi connectivity index (χ0v) is 17.0. The molecule has 0 aromatic heterocycles. The number of hydrogen-bond donors (Lipinski definition) is 1. The maximum Gasteiger partial charge on any atom is 0.176 e. The minimum atomic E-state index is 0.803. The largest absolute Gasteiger partial charge is 0.259 e. The highest BCUT2D eigenvalue weighted by atomic mass is 15.9. The molecule has 0 radical (unpaired) electrons. The van der Waals surface area contributed by atoms with Crippen molar-refractivity contribution in [2.45, 2.75) is 0 Å². The van der Waals surface area contributed by atoms with Gasteiger partial charge in [-0.2, -0.15) is 10.2 Å². The zero-order valence-electron chi connectivity index (χ0n) is 17.0. The molecule has 0 saturated carbocycles. The van der Waals surface area contributed by atoms with Crippen LogP contribution in [0.1, 0.15) is 16.7 Å². The molecule has 0 fully saturated rings. The lowest BCUT2D eigenvalue weighted by molar-refractivity contribution is 0.771. The van der Waals surface area contributed by atoms with Crippen LogP contribution < -0.4 is 15.7 Å². The molecule has 1 aliphatic rings. The predicted octanol–water partition coefficient (Wildman–Crippen LogP) is 5.97. The predicted molar refractivity (Wildman–Crippen MR) is 129 cm³/mol. The molecule has 0 bridgehead atoms. The number of hydrazone groups is 1. The SMILES string of the molecule is C(=Cc1ccc(N2NC(c3ccccc3)=NN2c2ccccc2)cc1)c1ccccc1. The number of nitrogens with zero attached hydrogens (tertiary/aromatic N) is 3. The van der Waals surface area contributed by atoms with Gasteiger partial charge in [-0.05, 0) is 35.4 Å². The van der Waals surface area contributed by atoms with Crippen molar-refractivity contribution in [2.24, 2.45) is 5.10 Å². The Morgan fingerprint density at radius 2 is 1.10 bits per heavy atom. The summed E-state index contributed by atoms with van der Waals surface area (Å²) >= 11 is 0. The highest BCUT2D eigenvalue weighted by Gasteiger charge is 2.26. The van der Waals surface area contributed by atoms with Crippen LogP contribution in [-0.4, -0.2) is 5.84 Å². The van der Waals surface area contributed by atoms with Gasteiger partial charge in [0, 0.05) is 5.56 Å². The van der Waals surface area contributed by atoms with Gasteiger partial charge in [0.15, 0.2) is 5.84 Å². The normalized spacial score (nSPS) is 13.4. The Labute approximate surface area is 182 Å². The first-order valence-electron chi connectivity index (χ1n) is 10.3. The summed E-state index contributed by atoms with van der Waals surface area (Å²) in [5, 5.41) is 8.68. The van der Waals surface area contributed by atoms with Crippen molar-refractivity contribution in [1.29, 1.82) is 0 Å². The topological polar surface area (TPSA) is 30.9 Å². The van der Waals surface area contributed by atoms with E-state index < -0.39 is 0 Å². The number of para-hydroxylation sites is 1. The zero-order chi connectivity index (χ0) is 20.9. The van der Waals surface area contributed by atoms with Gasteiger partial charge >= 0.3 is 0 Å². The van der Waals surface area contributed by atoms with E-state index in [1.807, 2.05) is 77.0 Å². The summed E-state index contributed by atoms with van der Waals surface area (Å²) in [6, 6.07) is 39.0. The molecule has 4 aromatic carbocycles. The first-order chi connectivity index (χ1) is 15.4. The average molecular weight is 403 g/mol. The summed E-state index contributed by atoms with van der Waals surface area (Å²) in [5.41, 5.74) is 8.78. The molecule has 0 saturated heterocycles. The smallest absolute Gasteiger partial charge is 0.176 e. The van der Waals surface area contributed by atoms with Gasteiger partial charge in [0.25, 0.3) is 0 Å². The highest BCUT2D eigenvalue weighted by molar-refractivity contribution is 6.02. The van der Waals surface area contributed by atoms with E-state index in [-0.39, 0.29) is 0 Å². The second kappa shape index (κ2) is 8.59. The Balaban J connectivity index is 1.42. The van der Waals surface area contributed by atoms with E-state index in [0.29, 0.717) is 0 Å². The Morgan fingerprint density at radius 1 is 0.548 bits per heavy atom. The number of hydrazine groups is 2. The quantitative estimate of drug-likeness (QED) is 0.418. The third-order valence-corrected chi connectivity index (χ3v) is 5.04. The molecule has 0 spiro atoms. The van der Waals surface area contributed by atoms with Crippen LogP contribution in [0.25, 0.3) is 12.2 Å². The molecule has 1 heterocycles. The summed E-state index contributed by atoms with van der Waals surface area (Å²) in [6.45, 7) is 0. The third-order valence-electron chi connectivity index (χ3n) is 5.04. The maximum absolute atomic E-state index is 4.84. The Hall–Kier alpha value is -4.31. The van der Waals surface area contributed by atoms with E-state index in [1.54, 1.807) is 0 Å². The van der Waals surface area contributed by atoms with Gasteiger partial charge in [0.2, 0.25) is 0 Å². The Kier molecular flexibility index (Phi) is 5.18. The molecule has 4 nitrogen and oxygen atoms in total. The van der Waals surface area contributed by atoms with Crippen LogP contribution in [0.2, 0.25) is 0 Å². The number of amidine groups is 1. The molecular formula is C27H22N4.